The van der Waals surface area contributed by atoms with Gasteiger partial charge in [0, 0.05) is 11.5 Å². The fourth-order valence-corrected chi connectivity index (χ4v) is 2.91. The van der Waals surface area contributed by atoms with Crippen molar-refractivity contribution in [3.63, 3.8) is 0 Å². The smallest absolute Gasteiger partial charge is 0.194 e. The molecule has 0 nitrogen and oxygen atoms in total. The lowest BCUT2D eigenvalue weighted by molar-refractivity contribution is 0.243. The second-order valence-electron chi connectivity index (χ2n) is 6.36. The van der Waals surface area contributed by atoms with E-state index in [1.54, 1.807) is 13.8 Å². The molecule has 1 rings (SSSR count). The zero-order valence-electron chi connectivity index (χ0n) is 14.4. The topological polar surface area (TPSA) is 0 Å². The number of allylic oxidation sites excluding steroid dienone is 2. The zero-order valence-corrected chi connectivity index (χ0v) is 14.4. The molecule has 0 bridgehead atoms. The van der Waals surface area contributed by atoms with Gasteiger partial charge in [0.1, 0.15) is 18.7 Å². The minimum atomic E-state index is -1.69. The first-order valence-corrected chi connectivity index (χ1v) is 7.77. The fourth-order valence-electron chi connectivity index (χ4n) is 2.91. The van der Waals surface area contributed by atoms with E-state index in [1.807, 2.05) is 0 Å². The van der Waals surface area contributed by atoms with E-state index in [0.29, 0.717) is 0 Å². The van der Waals surface area contributed by atoms with Gasteiger partial charge in [0.2, 0.25) is 0 Å². The van der Waals surface area contributed by atoms with Crippen LogP contribution in [-0.4, -0.2) is 12.8 Å². The van der Waals surface area contributed by atoms with Crippen molar-refractivity contribution in [3.8, 4) is 0 Å². The van der Waals surface area contributed by atoms with Crippen LogP contribution in [0.3, 0.4) is 0 Å². The Morgan fingerprint density at radius 3 is 1.92 bits per heavy atom. The number of benzene rings is 1. The highest BCUT2D eigenvalue weighted by atomic mass is 19.2. The zero-order chi connectivity index (χ0) is 18.8. The third-order valence-electron chi connectivity index (χ3n) is 4.34. The summed E-state index contributed by atoms with van der Waals surface area (Å²) in [5, 5.41) is 0. The first kappa shape index (κ1) is 20.6. The molecule has 0 fully saturated rings. The lowest BCUT2D eigenvalue weighted by atomic mass is 9.78. The van der Waals surface area contributed by atoms with Crippen LogP contribution in [0.15, 0.2) is 11.9 Å². The summed E-state index contributed by atoms with van der Waals surface area (Å²) < 4.78 is 82.2. The average Bonchev–Trinajstić information content (AvgIpc) is 2.52. The van der Waals surface area contributed by atoms with Crippen molar-refractivity contribution in [2.45, 2.75) is 52.6 Å². The van der Waals surface area contributed by atoms with Crippen LogP contribution in [0, 0.1) is 30.3 Å². The van der Waals surface area contributed by atoms with Crippen molar-refractivity contribution in [1.82, 2.24) is 0 Å². The molecule has 24 heavy (non-hydrogen) atoms. The second-order valence-corrected chi connectivity index (χ2v) is 6.36. The molecule has 1 aromatic carbocycles. The summed E-state index contributed by atoms with van der Waals surface area (Å²) in [6, 6.07) is 0. The Balaban J connectivity index is 3.81. The summed E-state index contributed by atoms with van der Waals surface area (Å²) in [7, 11) is 0. The van der Waals surface area contributed by atoms with Gasteiger partial charge >= 0.3 is 0 Å². The van der Waals surface area contributed by atoms with Gasteiger partial charge < -0.3 is 0 Å². The van der Waals surface area contributed by atoms with Gasteiger partial charge in [-0.15, -0.1) is 0 Å². The summed E-state index contributed by atoms with van der Waals surface area (Å²) in [5.41, 5.74) is -0.287. The highest BCUT2D eigenvalue weighted by Crippen LogP contribution is 2.40. The lowest BCUT2D eigenvalue weighted by Crippen LogP contribution is -2.22. The highest BCUT2D eigenvalue weighted by molar-refractivity contribution is 5.44. The van der Waals surface area contributed by atoms with Crippen LogP contribution in [0.5, 0.6) is 0 Å². The molecule has 0 amide bonds. The van der Waals surface area contributed by atoms with Crippen molar-refractivity contribution in [3.05, 3.63) is 46.0 Å². The average molecular weight is 352 g/mol. The summed E-state index contributed by atoms with van der Waals surface area (Å²) in [5.74, 6) is -8.34. The van der Waals surface area contributed by atoms with Gasteiger partial charge in [0.05, 0.1) is 0 Å². The number of hydrogen-bond acceptors (Lipinski definition) is 0. The SMILES string of the molecule is Cc1c(F)c(F)c(F)c(C(/C=C(/F)CF)C(C)C(C)F)c1C(C)C. The predicted octanol–water partition coefficient (Wildman–Crippen LogP) is 6.44. The van der Waals surface area contributed by atoms with Crippen LogP contribution in [0.2, 0.25) is 0 Å². The van der Waals surface area contributed by atoms with E-state index >= 15 is 0 Å². The van der Waals surface area contributed by atoms with E-state index in [0.717, 1.165) is 6.08 Å². The quantitative estimate of drug-likeness (QED) is 0.408. The maximum Gasteiger partial charge on any atom is 0.194 e. The number of halogens is 6. The first-order valence-electron chi connectivity index (χ1n) is 7.77. The van der Waals surface area contributed by atoms with Gasteiger partial charge in [-0.05, 0) is 42.9 Å². The molecular formula is C18H22F6. The molecule has 3 unspecified atom stereocenters. The van der Waals surface area contributed by atoms with Crippen molar-refractivity contribution in [2.24, 2.45) is 5.92 Å². The highest BCUT2D eigenvalue weighted by Gasteiger charge is 2.33. The molecule has 3 atom stereocenters. The Morgan fingerprint density at radius 1 is 0.958 bits per heavy atom. The molecule has 0 saturated heterocycles. The largest absolute Gasteiger partial charge is 0.247 e. The Kier molecular flexibility index (Phi) is 6.93. The van der Waals surface area contributed by atoms with Crippen molar-refractivity contribution in [2.75, 3.05) is 6.67 Å². The van der Waals surface area contributed by atoms with Crippen LogP contribution in [0.25, 0.3) is 0 Å². The molecule has 0 N–H and O–H groups in total. The first-order chi connectivity index (χ1) is 11.0. The van der Waals surface area contributed by atoms with E-state index in [4.69, 9.17) is 0 Å². The molecule has 0 aromatic heterocycles. The normalized spacial score (nSPS) is 16.4. The molecule has 0 aliphatic heterocycles. The van der Waals surface area contributed by atoms with Gasteiger partial charge in [-0.2, -0.15) is 0 Å². The molecule has 0 saturated carbocycles. The molecule has 0 radical (unpaired) electrons. The third-order valence-corrected chi connectivity index (χ3v) is 4.34. The van der Waals surface area contributed by atoms with E-state index in [9.17, 15) is 26.3 Å². The third kappa shape index (κ3) is 3.95. The standard InChI is InChI=1S/C18H22F6/c1-8(2)14-10(4)16(22)18(24)17(23)15(14)13(6-12(21)7-19)9(3)11(5)20/h6,8-9,11,13H,7H2,1-5H3/b12-6+. The molecule has 0 aliphatic carbocycles. The predicted molar refractivity (Wildman–Crippen MR) is 82.8 cm³/mol. The lowest BCUT2D eigenvalue weighted by Gasteiger charge is -2.28. The minimum Gasteiger partial charge on any atom is -0.247 e. The van der Waals surface area contributed by atoms with Gasteiger partial charge in [-0.3, -0.25) is 0 Å². The van der Waals surface area contributed by atoms with E-state index < -0.39 is 53.9 Å². The van der Waals surface area contributed by atoms with Crippen LogP contribution < -0.4 is 0 Å². The number of rotatable bonds is 6. The summed E-state index contributed by atoms with van der Waals surface area (Å²) >= 11 is 0. The Labute approximate surface area is 138 Å². The molecular weight excluding hydrogens is 330 g/mol. The summed E-state index contributed by atoms with van der Waals surface area (Å²) in [6.45, 7) is 5.70. The van der Waals surface area contributed by atoms with E-state index in [1.165, 1.54) is 20.8 Å². The van der Waals surface area contributed by atoms with E-state index in [-0.39, 0.29) is 16.7 Å². The number of hydrogen-bond donors (Lipinski definition) is 0. The molecule has 1 aromatic rings. The van der Waals surface area contributed by atoms with Crippen LogP contribution in [0.4, 0.5) is 26.3 Å². The summed E-state index contributed by atoms with van der Waals surface area (Å²) in [6.07, 6.45) is -0.742. The van der Waals surface area contributed by atoms with Gasteiger partial charge in [-0.1, -0.05) is 20.8 Å². The van der Waals surface area contributed by atoms with Gasteiger partial charge in [0.25, 0.3) is 0 Å². The second kappa shape index (κ2) is 8.08. The maximum absolute atomic E-state index is 14.5. The van der Waals surface area contributed by atoms with E-state index in [2.05, 4.69) is 0 Å². The number of alkyl halides is 2. The van der Waals surface area contributed by atoms with Crippen LogP contribution >= 0.6 is 0 Å². The van der Waals surface area contributed by atoms with Crippen molar-refractivity contribution < 1.29 is 26.3 Å². The molecule has 0 heterocycles. The summed E-state index contributed by atoms with van der Waals surface area (Å²) in [4.78, 5) is 0. The Hall–Kier alpha value is -1.46. The molecule has 136 valence electrons. The van der Waals surface area contributed by atoms with Crippen LogP contribution in [0.1, 0.15) is 56.2 Å². The molecule has 0 spiro atoms. The minimum absolute atomic E-state index is 0.114. The van der Waals surface area contributed by atoms with Crippen LogP contribution in [-0.2, 0) is 0 Å². The van der Waals surface area contributed by atoms with Crippen molar-refractivity contribution >= 4 is 0 Å². The Morgan fingerprint density at radius 2 is 1.50 bits per heavy atom. The van der Waals surface area contributed by atoms with Crippen molar-refractivity contribution in [1.29, 1.82) is 0 Å². The maximum atomic E-state index is 14.5. The van der Waals surface area contributed by atoms with Gasteiger partial charge in [0.15, 0.2) is 17.5 Å². The Bertz CT molecular complexity index is 619. The molecule has 6 heteroatoms. The molecule has 0 aliphatic rings. The fraction of sp³-hybridized carbons (Fsp3) is 0.556. The monoisotopic (exact) mass is 352 g/mol. The van der Waals surface area contributed by atoms with Gasteiger partial charge in [-0.25, -0.2) is 26.3 Å².